The number of carbonyl (C=O) groups excluding carboxylic acids is 2. The smallest absolute Gasteiger partial charge is 0.412 e. The lowest BCUT2D eigenvalue weighted by molar-refractivity contribution is -0.384. The minimum Gasteiger partial charge on any atom is -0.495 e. The number of amides is 2. The first-order valence-electron chi connectivity index (χ1n) is 9.32. The summed E-state index contributed by atoms with van der Waals surface area (Å²) in [5, 5.41) is 16.8. The van der Waals surface area contributed by atoms with Crippen LogP contribution in [0.25, 0.3) is 10.9 Å². The first kappa shape index (κ1) is 21.6. The van der Waals surface area contributed by atoms with Crippen LogP contribution in [0.3, 0.4) is 0 Å². The van der Waals surface area contributed by atoms with E-state index in [1.165, 1.54) is 31.5 Å². The first-order valence-corrected chi connectivity index (χ1v) is 9.32. The van der Waals surface area contributed by atoms with Crippen molar-refractivity contribution in [2.45, 2.75) is 26.4 Å². The molecule has 2 aromatic carbocycles. The normalized spacial score (nSPS) is 11.1. The molecular weight excluding hydrogens is 404 g/mol. The van der Waals surface area contributed by atoms with Crippen LogP contribution in [0.15, 0.2) is 42.6 Å². The Balaban J connectivity index is 1.85. The summed E-state index contributed by atoms with van der Waals surface area (Å²) in [6.07, 6.45) is 0.811. The second-order valence-corrected chi connectivity index (χ2v) is 7.69. The molecule has 1 aromatic heterocycles. The number of aromatic nitrogens is 1. The van der Waals surface area contributed by atoms with Gasteiger partial charge in [-0.3, -0.25) is 20.2 Å². The fourth-order valence-corrected chi connectivity index (χ4v) is 2.91. The van der Waals surface area contributed by atoms with E-state index < -0.39 is 22.5 Å². The van der Waals surface area contributed by atoms with Gasteiger partial charge < -0.3 is 19.8 Å². The molecule has 0 saturated carbocycles. The van der Waals surface area contributed by atoms with E-state index in [4.69, 9.17) is 9.47 Å². The van der Waals surface area contributed by atoms with Crippen molar-refractivity contribution in [1.29, 1.82) is 0 Å². The van der Waals surface area contributed by atoms with Crippen molar-refractivity contribution in [3.63, 3.8) is 0 Å². The number of carbonyl (C=O) groups is 2. The fourth-order valence-electron chi connectivity index (χ4n) is 2.91. The average molecular weight is 426 g/mol. The molecule has 10 heteroatoms. The third kappa shape index (κ3) is 5.10. The highest BCUT2D eigenvalue weighted by Crippen LogP contribution is 2.29. The molecule has 0 spiro atoms. The van der Waals surface area contributed by atoms with Crippen molar-refractivity contribution >= 4 is 40.0 Å². The molecule has 3 aromatic rings. The number of aromatic amines is 1. The number of nitrogens with zero attached hydrogens (tertiary/aromatic N) is 1. The van der Waals surface area contributed by atoms with E-state index in [-0.39, 0.29) is 11.3 Å². The van der Waals surface area contributed by atoms with E-state index in [0.717, 1.165) is 0 Å². The molecule has 0 aliphatic carbocycles. The van der Waals surface area contributed by atoms with Crippen LogP contribution in [0.4, 0.5) is 21.9 Å². The Morgan fingerprint density at radius 2 is 1.84 bits per heavy atom. The van der Waals surface area contributed by atoms with Crippen LogP contribution >= 0.6 is 0 Å². The first-order chi connectivity index (χ1) is 14.6. The molecule has 2 amide bonds. The van der Waals surface area contributed by atoms with Gasteiger partial charge in [-0.1, -0.05) is 0 Å². The van der Waals surface area contributed by atoms with Crippen molar-refractivity contribution in [3.8, 4) is 5.75 Å². The molecule has 0 atom stereocenters. The minimum atomic E-state index is -0.679. The van der Waals surface area contributed by atoms with Gasteiger partial charge in [0.25, 0.3) is 11.6 Å². The SMILES string of the molecule is COc1ccc(NC(=O)c2c[nH]c3ccc([N+](=O)[O-])cc23)cc1NC(=O)OC(C)(C)C. The zero-order chi connectivity index (χ0) is 22.8. The topological polar surface area (TPSA) is 136 Å². The predicted octanol–water partition coefficient (Wildman–Crippen LogP) is 4.68. The zero-order valence-electron chi connectivity index (χ0n) is 17.4. The Morgan fingerprint density at radius 1 is 1.10 bits per heavy atom. The van der Waals surface area contributed by atoms with E-state index in [0.29, 0.717) is 28.0 Å². The van der Waals surface area contributed by atoms with Crippen LogP contribution in [0.5, 0.6) is 5.75 Å². The molecule has 0 fully saturated rings. The zero-order valence-corrected chi connectivity index (χ0v) is 17.4. The quantitative estimate of drug-likeness (QED) is 0.400. The number of fused-ring (bicyclic) bond motifs is 1. The Labute approximate surface area is 177 Å². The summed E-state index contributed by atoms with van der Waals surface area (Å²) in [5.41, 5.74) is 0.741. The molecule has 0 aliphatic rings. The summed E-state index contributed by atoms with van der Waals surface area (Å²) in [5.74, 6) is -0.0910. The van der Waals surface area contributed by atoms with Crippen LogP contribution in [0, 0.1) is 10.1 Å². The average Bonchev–Trinajstić information content (AvgIpc) is 3.10. The summed E-state index contributed by atoms with van der Waals surface area (Å²) in [6.45, 7) is 5.23. The Hall–Kier alpha value is -4.08. The number of nitrogens with one attached hydrogen (secondary N) is 3. The van der Waals surface area contributed by atoms with Crippen LogP contribution in [0.1, 0.15) is 31.1 Å². The van der Waals surface area contributed by atoms with Crippen molar-refractivity contribution in [2.24, 2.45) is 0 Å². The summed E-state index contributed by atoms with van der Waals surface area (Å²) in [6, 6.07) is 8.96. The lowest BCUT2D eigenvalue weighted by atomic mass is 10.1. The number of benzene rings is 2. The summed E-state index contributed by atoms with van der Waals surface area (Å²) < 4.78 is 10.5. The highest BCUT2D eigenvalue weighted by molar-refractivity contribution is 6.13. The lowest BCUT2D eigenvalue weighted by Crippen LogP contribution is -2.27. The fraction of sp³-hybridized carbons (Fsp3) is 0.238. The Bertz CT molecular complexity index is 1160. The molecule has 0 unspecified atom stereocenters. The number of H-pyrrole nitrogens is 1. The van der Waals surface area contributed by atoms with Crippen molar-refractivity contribution in [1.82, 2.24) is 4.98 Å². The summed E-state index contributed by atoms with van der Waals surface area (Å²) in [7, 11) is 1.45. The van der Waals surface area contributed by atoms with Crippen molar-refractivity contribution < 1.29 is 24.0 Å². The van der Waals surface area contributed by atoms with Gasteiger partial charge in [0.2, 0.25) is 0 Å². The molecule has 3 N–H and O–H groups in total. The van der Waals surface area contributed by atoms with Crippen LogP contribution in [0.2, 0.25) is 0 Å². The molecule has 0 aliphatic heterocycles. The highest BCUT2D eigenvalue weighted by Gasteiger charge is 2.19. The molecule has 31 heavy (non-hydrogen) atoms. The predicted molar refractivity (Wildman–Crippen MR) is 116 cm³/mol. The molecule has 0 radical (unpaired) electrons. The maximum Gasteiger partial charge on any atom is 0.412 e. The molecule has 0 bridgehead atoms. The number of methoxy groups -OCH3 is 1. The Kier molecular flexibility index (Phi) is 5.82. The van der Waals surface area contributed by atoms with Crippen LogP contribution in [-0.2, 0) is 4.74 Å². The molecule has 10 nitrogen and oxygen atoms in total. The Morgan fingerprint density at radius 3 is 2.48 bits per heavy atom. The van der Waals surface area contributed by atoms with Crippen molar-refractivity contribution in [3.05, 3.63) is 58.3 Å². The summed E-state index contributed by atoms with van der Waals surface area (Å²) in [4.78, 5) is 38.4. The molecular formula is C21H22N4O6. The highest BCUT2D eigenvalue weighted by atomic mass is 16.6. The number of nitro benzene ring substituents is 1. The molecule has 162 valence electrons. The van der Waals surface area contributed by atoms with E-state index in [2.05, 4.69) is 15.6 Å². The standard InChI is InChI=1S/C21H22N4O6/c1-21(2,3)31-20(27)24-17-9-12(5-8-18(17)30-4)23-19(26)15-11-22-16-7-6-13(25(28)29)10-14(15)16/h5-11,22H,1-4H3,(H,23,26)(H,24,27). The maximum atomic E-state index is 12.8. The summed E-state index contributed by atoms with van der Waals surface area (Å²) >= 11 is 0. The van der Waals surface area contributed by atoms with Gasteiger partial charge in [0, 0.05) is 34.9 Å². The van der Waals surface area contributed by atoms with Gasteiger partial charge in [-0.15, -0.1) is 0 Å². The van der Waals surface area contributed by atoms with Gasteiger partial charge >= 0.3 is 6.09 Å². The van der Waals surface area contributed by atoms with Gasteiger partial charge in [-0.05, 0) is 45.0 Å². The van der Waals surface area contributed by atoms with Gasteiger partial charge in [0.1, 0.15) is 11.4 Å². The van der Waals surface area contributed by atoms with E-state index >= 15 is 0 Å². The van der Waals surface area contributed by atoms with E-state index in [1.54, 1.807) is 39.0 Å². The third-order valence-corrected chi connectivity index (χ3v) is 4.21. The van der Waals surface area contributed by atoms with Crippen LogP contribution < -0.4 is 15.4 Å². The second kappa shape index (κ2) is 8.34. The second-order valence-electron chi connectivity index (χ2n) is 7.69. The van der Waals surface area contributed by atoms with Gasteiger partial charge in [-0.2, -0.15) is 0 Å². The van der Waals surface area contributed by atoms with Gasteiger partial charge in [-0.25, -0.2) is 4.79 Å². The minimum absolute atomic E-state index is 0.116. The van der Waals surface area contributed by atoms with E-state index in [1.807, 2.05) is 0 Å². The molecule has 3 rings (SSSR count). The number of non-ortho nitro benzene ring substituents is 1. The molecule has 1 heterocycles. The number of rotatable bonds is 5. The van der Waals surface area contributed by atoms with Crippen molar-refractivity contribution in [2.75, 3.05) is 17.7 Å². The largest absolute Gasteiger partial charge is 0.495 e. The number of hydrogen-bond donors (Lipinski definition) is 3. The third-order valence-electron chi connectivity index (χ3n) is 4.21. The number of hydrogen-bond acceptors (Lipinski definition) is 6. The number of nitro groups is 1. The van der Waals surface area contributed by atoms with E-state index in [9.17, 15) is 19.7 Å². The number of ether oxygens (including phenoxy) is 2. The monoisotopic (exact) mass is 426 g/mol. The molecule has 0 saturated heterocycles. The number of anilines is 2. The van der Waals surface area contributed by atoms with Gasteiger partial charge in [0.15, 0.2) is 0 Å². The van der Waals surface area contributed by atoms with Crippen LogP contribution in [-0.4, -0.2) is 34.6 Å². The van der Waals surface area contributed by atoms with Gasteiger partial charge in [0.05, 0.1) is 23.3 Å². The maximum absolute atomic E-state index is 12.8. The lowest BCUT2D eigenvalue weighted by Gasteiger charge is -2.20.